The second-order valence-corrected chi connectivity index (χ2v) is 8.19. The Labute approximate surface area is 186 Å². The Kier molecular flexibility index (Phi) is 7.01. The number of nitrogens with one attached hydrogen (secondary N) is 2. The monoisotopic (exact) mass is 528 g/mol. The number of rotatable bonds is 7. The zero-order chi connectivity index (χ0) is 21.7. The topological polar surface area (TPSA) is 59.1 Å². The lowest BCUT2D eigenvalue weighted by molar-refractivity contribution is -0.137. The van der Waals surface area contributed by atoms with Crippen molar-refractivity contribution in [3.63, 3.8) is 0 Å². The third kappa shape index (κ3) is 6.22. The molecule has 0 atom stereocenters. The van der Waals surface area contributed by atoms with Gasteiger partial charge in [-0.25, -0.2) is 4.98 Å². The number of anilines is 4. The van der Waals surface area contributed by atoms with E-state index in [-0.39, 0.29) is 11.8 Å². The van der Waals surface area contributed by atoms with E-state index in [1.165, 1.54) is 0 Å². The predicted octanol–water partition coefficient (Wildman–Crippen LogP) is 6.62. The van der Waals surface area contributed by atoms with Crippen LogP contribution >= 0.6 is 22.6 Å². The number of hydrogen-bond donors (Lipinski definition) is 2. The molecule has 0 unspecified atom stereocenters. The molecule has 1 heterocycles. The first-order valence-corrected chi connectivity index (χ1v) is 10.3. The first-order valence-electron chi connectivity index (χ1n) is 9.17. The van der Waals surface area contributed by atoms with E-state index in [4.69, 9.17) is 4.74 Å². The van der Waals surface area contributed by atoms with Crippen LogP contribution in [0.2, 0.25) is 0 Å². The van der Waals surface area contributed by atoms with Crippen LogP contribution in [-0.2, 0) is 6.18 Å². The molecular formula is C21H20F3IN4O. The molecular weight excluding hydrogens is 508 g/mol. The largest absolute Gasteiger partial charge is 0.493 e. The van der Waals surface area contributed by atoms with Crippen molar-refractivity contribution in [2.45, 2.75) is 20.0 Å². The van der Waals surface area contributed by atoms with Gasteiger partial charge in [0.05, 0.1) is 6.61 Å². The number of nitrogens with zero attached hydrogens (tertiary/aromatic N) is 2. The molecule has 0 aliphatic heterocycles. The van der Waals surface area contributed by atoms with Crippen LogP contribution in [-0.4, -0.2) is 16.6 Å². The molecule has 2 N–H and O–H groups in total. The Morgan fingerprint density at radius 1 is 0.967 bits per heavy atom. The van der Waals surface area contributed by atoms with Gasteiger partial charge in [-0.2, -0.15) is 18.2 Å². The highest BCUT2D eigenvalue weighted by Gasteiger charge is 2.35. The molecule has 3 rings (SSSR count). The second kappa shape index (κ2) is 9.50. The van der Waals surface area contributed by atoms with Crippen LogP contribution in [0.25, 0.3) is 0 Å². The fraction of sp³-hybridized carbons (Fsp3) is 0.238. The molecule has 0 amide bonds. The first kappa shape index (κ1) is 22.1. The van der Waals surface area contributed by atoms with Gasteiger partial charge < -0.3 is 15.4 Å². The predicted molar refractivity (Wildman–Crippen MR) is 120 cm³/mol. The normalized spacial score (nSPS) is 11.4. The summed E-state index contributed by atoms with van der Waals surface area (Å²) in [5, 5.41) is 5.66. The molecule has 3 aromatic rings. The Morgan fingerprint density at radius 2 is 1.57 bits per heavy atom. The van der Waals surface area contributed by atoms with Gasteiger partial charge in [-0.3, -0.25) is 0 Å². The molecule has 158 valence electrons. The average Bonchev–Trinajstić information content (AvgIpc) is 2.68. The van der Waals surface area contributed by atoms with Crippen molar-refractivity contribution < 1.29 is 17.9 Å². The number of ether oxygens (including phenoxy) is 1. The number of alkyl halides is 3. The van der Waals surface area contributed by atoms with Gasteiger partial charge in [0, 0.05) is 21.1 Å². The Hall–Kier alpha value is -2.56. The minimum Gasteiger partial charge on any atom is -0.493 e. The smallest absolute Gasteiger partial charge is 0.421 e. The summed E-state index contributed by atoms with van der Waals surface area (Å²) in [6.45, 7) is 4.71. The molecule has 0 aliphatic carbocycles. The maximum atomic E-state index is 13.4. The van der Waals surface area contributed by atoms with E-state index in [1.807, 2.05) is 0 Å². The minimum atomic E-state index is -4.58. The molecule has 0 spiro atoms. The zero-order valence-electron chi connectivity index (χ0n) is 16.3. The summed E-state index contributed by atoms with van der Waals surface area (Å²) in [7, 11) is 0. The summed E-state index contributed by atoms with van der Waals surface area (Å²) in [6, 6.07) is 14.0. The number of benzene rings is 2. The van der Waals surface area contributed by atoms with Crippen molar-refractivity contribution in [1.29, 1.82) is 0 Å². The summed E-state index contributed by atoms with van der Waals surface area (Å²) in [4.78, 5) is 7.87. The van der Waals surface area contributed by atoms with Gasteiger partial charge in [0.15, 0.2) is 0 Å². The van der Waals surface area contributed by atoms with Crippen LogP contribution < -0.4 is 15.4 Å². The Morgan fingerprint density at radius 3 is 2.17 bits per heavy atom. The zero-order valence-corrected chi connectivity index (χ0v) is 18.5. The fourth-order valence-corrected chi connectivity index (χ4v) is 2.80. The Bertz CT molecular complexity index is 977. The number of hydrogen-bond acceptors (Lipinski definition) is 5. The molecule has 0 radical (unpaired) electrons. The summed E-state index contributed by atoms with van der Waals surface area (Å²) in [5.41, 5.74) is 0.188. The molecule has 30 heavy (non-hydrogen) atoms. The van der Waals surface area contributed by atoms with Crippen molar-refractivity contribution in [2.24, 2.45) is 5.92 Å². The fourth-order valence-electron chi connectivity index (χ4n) is 2.44. The second-order valence-electron chi connectivity index (χ2n) is 6.94. The van der Waals surface area contributed by atoms with Gasteiger partial charge in [-0.1, -0.05) is 13.8 Å². The summed E-state index contributed by atoms with van der Waals surface area (Å²) < 4.78 is 46.8. The standard InChI is InChI=1S/C21H20F3IN4O/c1-13(2)12-30-17-9-7-16(8-10-17)28-20-26-11-18(21(22,23)24)19(29-20)27-15-5-3-14(25)4-6-15/h3-11,13H,12H2,1-2H3,(H2,26,27,28,29). The van der Waals surface area contributed by atoms with Gasteiger partial charge in [-0.05, 0) is 77.0 Å². The molecule has 0 aliphatic rings. The first-order chi connectivity index (χ1) is 14.2. The van der Waals surface area contributed by atoms with Crippen molar-refractivity contribution in [3.05, 3.63) is 63.9 Å². The van der Waals surface area contributed by atoms with Gasteiger partial charge in [0.25, 0.3) is 0 Å². The van der Waals surface area contributed by atoms with E-state index < -0.39 is 11.7 Å². The van der Waals surface area contributed by atoms with Crippen LogP contribution in [0.3, 0.4) is 0 Å². The van der Waals surface area contributed by atoms with Crippen molar-refractivity contribution in [1.82, 2.24) is 9.97 Å². The third-order valence-electron chi connectivity index (χ3n) is 3.89. The molecule has 9 heteroatoms. The van der Waals surface area contributed by atoms with Crippen LogP contribution in [0, 0.1) is 9.49 Å². The van der Waals surface area contributed by atoms with E-state index in [2.05, 4.69) is 57.0 Å². The van der Waals surface area contributed by atoms with E-state index in [0.717, 1.165) is 9.77 Å². The SMILES string of the molecule is CC(C)COc1ccc(Nc2ncc(C(F)(F)F)c(Nc3ccc(I)cc3)n2)cc1. The summed E-state index contributed by atoms with van der Waals surface area (Å²) in [5.74, 6) is 0.843. The van der Waals surface area contributed by atoms with Gasteiger partial charge in [-0.15, -0.1) is 0 Å². The molecule has 0 saturated carbocycles. The molecule has 0 fully saturated rings. The lowest BCUT2D eigenvalue weighted by Crippen LogP contribution is -2.12. The quantitative estimate of drug-likeness (QED) is 0.338. The minimum absolute atomic E-state index is 0.0480. The van der Waals surface area contributed by atoms with E-state index >= 15 is 0 Å². The van der Waals surface area contributed by atoms with E-state index in [1.54, 1.807) is 48.5 Å². The number of aromatic nitrogens is 2. The molecule has 1 aromatic heterocycles. The molecule has 0 saturated heterocycles. The highest BCUT2D eigenvalue weighted by Crippen LogP contribution is 2.35. The van der Waals surface area contributed by atoms with Crippen LogP contribution in [0.1, 0.15) is 19.4 Å². The van der Waals surface area contributed by atoms with Crippen molar-refractivity contribution >= 4 is 45.7 Å². The number of halogens is 4. The summed E-state index contributed by atoms with van der Waals surface area (Å²) >= 11 is 2.12. The van der Waals surface area contributed by atoms with Gasteiger partial charge in [0.1, 0.15) is 17.1 Å². The highest BCUT2D eigenvalue weighted by atomic mass is 127. The highest BCUT2D eigenvalue weighted by molar-refractivity contribution is 14.1. The summed E-state index contributed by atoms with van der Waals surface area (Å²) in [6.07, 6.45) is -3.82. The van der Waals surface area contributed by atoms with Gasteiger partial charge >= 0.3 is 6.18 Å². The molecule has 2 aromatic carbocycles. The lowest BCUT2D eigenvalue weighted by Gasteiger charge is -2.15. The van der Waals surface area contributed by atoms with E-state index in [9.17, 15) is 13.2 Å². The lowest BCUT2D eigenvalue weighted by atomic mass is 10.2. The van der Waals surface area contributed by atoms with E-state index in [0.29, 0.717) is 29.6 Å². The maximum absolute atomic E-state index is 13.4. The van der Waals surface area contributed by atoms with Crippen LogP contribution in [0.15, 0.2) is 54.7 Å². The van der Waals surface area contributed by atoms with Crippen molar-refractivity contribution in [3.8, 4) is 5.75 Å². The molecule has 0 bridgehead atoms. The third-order valence-corrected chi connectivity index (χ3v) is 4.61. The van der Waals surface area contributed by atoms with Crippen LogP contribution in [0.4, 0.5) is 36.3 Å². The molecule has 5 nitrogen and oxygen atoms in total. The Balaban J connectivity index is 1.81. The maximum Gasteiger partial charge on any atom is 0.421 e. The average molecular weight is 528 g/mol. The van der Waals surface area contributed by atoms with Crippen LogP contribution in [0.5, 0.6) is 5.75 Å². The van der Waals surface area contributed by atoms with Crippen molar-refractivity contribution in [2.75, 3.05) is 17.2 Å². The van der Waals surface area contributed by atoms with Gasteiger partial charge in [0.2, 0.25) is 5.95 Å².